The van der Waals surface area contributed by atoms with Gasteiger partial charge < -0.3 is 0 Å². The number of hydrogen-bond donors (Lipinski definition) is 0. The van der Waals surface area contributed by atoms with E-state index in [-0.39, 0.29) is 0 Å². The Morgan fingerprint density at radius 2 is 1.89 bits per heavy atom. The van der Waals surface area contributed by atoms with Gasteiger partial charge in [0.05, 0.1) is 10.5 Å². The molecule has 0 saturated heterocycles. The second-order valence-electron chi connectivity index (χ2n) is 4.46. The Balaban J connectivity index is 2.40. The highest BCUT2D eigenvalue weighted by Crippen LogP contribution is 2.34. The lowest BCUT2D eigenvalue weighted by atomic mass is 9.97. The molecule has 0 aliphatic heterocycles. The van der Waals surface area contributed by atoms with E-state index in [0.29, 0.717) is 5.02 Å². The quantitative estimate of drug-likeness (QED) is 0.563. The maximum Gasteiger partial charge on any atom is 0.0894 e. The monoisotopic (exact) mass is 331 g/mol. The lowest BCUT2D eigenvalue weighted by Gasteiger charge is -2.11. The van der Waals surface area contributed by atoms with Crippen molar-refractivity contribution in [2.24, 2.45) is 0 Å². The van der Waals surface area contributed by atoms with Gasteiger partial charge in [0.2, 0.25) is 0 Å². The van der Waals surface area contributed by atoms with Gasteiger partial charge in [0, 0.05) is 16.1 Å². The molecule has 3 aromatic rings. The molecule has 1 aromatic heterocycles. The first-order valence-electron chi connectivity index (χ1n) is 5.96. The average molecular weight is 333 g/mol. The fourth-order valence-corrected chi connectivity index (χ4v) is 2.94. The first-order chi connectivity index (χ1) is 9.16. The molecule has 0 atom stereocenters. The van der Waals surface area contributed by atoms with E-state index in [1.807, 2.05) is 30.5 Å². The van der Waals surface area contributed by atoms with Crippen molar-refractivity contribution >= 4 is 38.4 Å². The number of pyridine rings is 1. The van der Waals surface area contributed by atoms with Crippen molar-refractivity contribution in [2.75, 3.05) is 0 Å². The Morgan fingerprint density at radius 3 is 2.68 bits per heavy atom. The minimum atomic E-state index is 0.689. The van der Waals surface area contributed by atoms with Gasteiger partial charge in [-0.1, -0.05) is 51.8 Å². The van der Waals surface area contributed by atoms with Gasteiger partial charge in [-0.25, -0.2) is 0 Å². The van der Waals surface area contributed by atoms with Crippen LogP contribution in [0.4, 0.5) is 0 Å². The number of fused-ring (bicyclic) bond motifs is 1. The first kappa shape index (κ1) is 12.6. The van der Waals surface area contributed by atoms with Crippen LogP contribution >= 0.6 is 27.5 Å². The molecule has 0 radical (unpaired) electrons. The van der Waals surface area contributed by atoms with Crippen molar-refractivity contribution in [3.63, 3.8) is 0 Å². The molecular weight excluding hydrogens is 322 g/mol. The molecule has 2 aromatic carbocycles. The minimum absolute atomic E-state index is 0.689. The van der Waals surface area contributed by atoms with Gasteiger partial charge in [-0.15, -0.1) is 0 Å². The number of benzene rings is 2. The SMILES string of the molecule is Cc1cnc2c(Cl)cccc2c1-c1cccc(Br)c1. The van der Waals surface area contributed by atoms with E-state index in [9.17, 15) is 0 Å². The van der Waals surface area contributed by atoms with Crippen LogP contribution in [0.2, 0.25) is 5.02 Å². The number of aryl methyl sites for hydroxylation is 1. The summed E-state index contributed by atoms with van der Waals surface area (Å²) in [5, 5.41) is 1.78. The summed E-state index contributed by atoms with van der Waals surface area (Å²) in [6.07, 6.45) is 1.88. The summed E-state index contributed by atoms with van der Waals surface area (Å²) in [6, 6.07) is 14.2. The zero-order valence-electron chi connectivity index (χ0n) is 10.3. The predicted octanol–water partition coefficient (Wildman–Crippen LogP) is 5.63. The summed E-state index contributed by atoms with van der Waals surface area (Å²) < 4.78 is 1.07. The van der Waals surface area contributed by atoms with Gasteiger partial charge in [-0.3, -0.25) is 4.98 Å². The average Bonchev–Trinajstić information content (AvgIpc) is 2.38. The normalized spacial score (nSPS) is 10.9. The standard InChI is InChI=1S/C16H11BrClN/c1-10-9-19-16-13(6-3-7-14(16)18)15(10)11-4-2-5-12(17)8-11/h2-9H,1H3. The third-order valence-corrected chi connectivity index (χ3v) is 3.95. The van der Waals surface area contributed by atoms with Crippen LogP contribution in [0, 0.1) is 6.92 Å². The van der Waals surface area contributed by atoms with Crippen LogP contribution in [-0.4, -0.2) is 4.98 Å². The number of aromatic nitrogens is 1. The van der Waals surface area contributed by atoms with Crippen LogP contribution < -0.4 is 0 Å². The fourth-order valence-electron chi connectivity index (χ4n) is 2.31. The second kappa shape index (κ2) is 4.95. The molecule has 0 N–H and O–H groups in total. The van der Waals surface area contributed by atoms with Crippen LogP contribution in [0.15, 0.2) is 53.1 Å². The van der Waals surface area contributed by atoms with E-state index in [1.54, 1.807) is 0 Å². The number of para-hydroxylation sites is 1. The Bertz CT molecular complexity index is 768. The van der Waals surface area contributed by atoms with Crippen molar-refractivity contribution in [1.29, 1.82) is 0 Å². The molecule has 1 heterocycles. The number of rotatable bonds is 1. The fraction of sp³-hybridized carbons (Fsp3) is 0.0625. The molecule has 3 rings (SSSR count). The summed E-state index contributed by atoms with van der Waals surface area (Å²) >= 11 is 9.75. The van der Waals surface area contributed by atoms with Crippen molar-refractivity contribution in [3.8, 4) is 11.1 Å². The highest BCUT2D eigenvalue weighted by atomic mass is 79.9. The van der Waals surface area contributed by atoms with Gasteiger partial charge in [0.15, 0.2) is 0 Å². The molecule has 0 unspecified atom stereocenters. The van der Waals surface area contributed by atoms with Crippen LogP contribution in [0.3, 0.4) is 0 Å². The molecule has 0 aliphatic rings. The molecule has 0 amide bonds. The molecule has 3 heteroatoms. The Kier molecular flexibility index (Phi) is 3.29. The lowest BCUT2D eigenvalue weighted by molar-refractivity contribution is 1.33. The van der Waals surface area contributed by atoms with Crippen molar-refractivity contribution < 1.29 is 0 Å². The summed E-state index contributed by atoms with van der Waals surface area (Å²) in [5.41, 5.74) is 4.35. The van der Waals surface area contributed by atoms with E-state index in [1.165, 1.54) is 11.1 Å². The highest BCUT2D eigenvalue weighted by molar-refractivity contribution is 9.10. The summed E-state index contributed by atoms with van der Waals surface area (Å²) in [4.78, 5) is 4.45. The molecule has 0 fully saturated rings. The van der Waals surface area contributed by atoms with E-state index >= 15 is 0 Å². The summed E-state index contributed by atoms with van der Waals surface area (Å²) in [6.45, 7) is 2.07. The first-order valence-corrected chi connectivity index (χ1v) is 7.13. The van der Waals surface area contributed by atoms with Crippen molar-refractivity contribution in [3.05, 3.63) is 63.7 Å². The van der Waals surface area contributed by atoms with Crippen LogP contribution in [0.25, 0.3) is 22.0 Å². The van der Waals surface area contributed by atoms with Crippen molar-refractivity contribution in [1.82, 2.24) is 4.98 Å². The molecule has 0 bridgehead atoms. The van der Waals surface area contributed by atoms with E-state index in [4.69, 9.17) is 11.6 Å². The maximum absolute atomic E-state index is 6.23. The van der Waals surface area contributed by atoms with Gasteiger partial charge >= 0.3 is 0 Å². The largest absolute Gasteiger partial charge is 0.254 e. The zero-order chi connectivity index (χ0) is 13.4. The predicted molar refractivity (Wildman–Crippen MR) is 84.6 cm³/mol. The zero-order valence-corrected chi connectivity index (χ0v) is 12.7. The number of nitrogens with zero attached hydrogens (tertiary/aromatic N) is 1. The molecule has 0 spiro atoms. The molecule has 94 valence electrons. The lowest BCUT2D eigenvalue weighted by Crippen LogP contribution is -1.90. The smallest absolute Gasteiger partial charge is 0.0894 e. The van der Waals surface area contributed by atoms with Crippen LogP contribution in [0.1, 0.15) is 5.56 Å². The number of halogens is 2. The van der Waals surface area contributed by atoms with Crippen LogP contribution in [-0.2, 0) is 0 Å². The summed E-state index contributed by atoms with van der Waals surface area (Å²) in [7, 11) is 0. The molecule has 0 aliphatic carbocycles. The topological polar surface area (TPSA) is 12.9 Å². The van der Waals surface area contributed by atoms with Gasteiger partial charge in [-0.2, -0.15) is 0 Å². The second-order valence-corrected chi connectivity index (χ2v) is 5.79. The van der Waals surface area contributed by atoms with Gasteiger partial charge in [0.25, 0.3) is 0 Å². The molecule has 0 saturated carbocycles. The van der Waals surface area contributed by atoms with Crippen molar-refractivity contribution in [2.45, 2.75) is 6.92 Å². The summed E-state index contributed by atoms with van der Waals surface area (Å²) in [5.74, 6) is 0. The molecule has 19 heavy (non-hydrogen) atoms. The third kappa shape index (κ3) is 2.26. The third-order valence-electron chi connectivity index (χ3n) is 3.15. The molecular formula is C16H11BrClN. The van der Waals surface area contributed by atoms with E-state index in [0.717, 1.165) is 20.9 Å². The van der Waals surface area contributed by atoms with Gasteiger partial charge in [-0.05, 0) is 41.8 Å². The minimum Gasteiger partial charge on any atom is -0.254 e. The van der Waals surface area contributed by atoms with Crippen LogP contribution in [0.5, 0.6) is 0 Å². The maximum atomic E-state index is 6.23. The van der Waals surface area contributed by atoms with Gasteiger partial charge in [0.1, 0.15) is 0 Å². The van der Waals surface area contributed by atoms with E-state index in [2.05, 4.69) is 46.0 Å². The Hall–Kier alpha value is -1.38. The Morgan fingerprint density at radius 1 is 1.11 bits per heavy atom. The highest BCUT2D eigenvalue weighted by Gasteiger charge is 2.10. The van der Waals surface area contributed by atoms with E-state index < -0.39 is 0 Å². The molecule has 1 nitrogen and oxygen atoms in total. The number of hydrogen-bond acceptors (Lipinski definition) is 1. The Labute approximate surface area is 125 Å².